The highest BCUT2D eigenvalue weighted by Gasteiger charge is 2.24. The number of ether oxygens (including phenoxy) is 1. The number of rotatable bonds is 3. The van der Waals surface area contributed by atoms with Crippen molar-refractivity contribution in [3.63, 3.8) is 0 Å². The first-order valence-electron chi connectivity index (χ1n) is 7.25. The van der Waals surface area contributed by atoms with Crippen LogP contribution in [0.1, 0.15) is 11.1 Å². The van der Waals surface area contributed by atoms with Gasteiger partial charge < -0.3 is 10.1 Å². The first kappa shape index (κ1) is 16.6. The Morgan fingerprint density at radius 1 is 1.25 bits per heavy atom. The van der Waals surface area contributed by atoms with Crippen LogP contribution in [0.15, 0.2) is 52.4 Å². The van der Waals surface area contributed by atoms with Gasteiger partial charge in [0.25, 0.3) is 5.91 Å². The van der Waals surface area contributed by atoms with E-state index < -0.39 is 0 Å². The van der Waals surface area contributed by atoms with Crippen LogP contribution in [-0.4, -0.2) is 18.2 Å². The Labute approximate surface area is 149 Å². The number of methoxy groups -OCH3 is 1. The molecule has 0 saturated carbocycles. The lowest BCUT2D eigenvalue weighted by atomic mass is 10.2. The Morgan fingerprint density at radius 2 is 2.08 bits per heavy atom. The van der Waals surface area contributed by atoms with Gasteiger partial charge in [0.15, 0.2) is 5.17 Å². The van der Waals surface area contributed by atoms with Crippen LogP contribution in [0.4, 0.5) is 5.69 Å². The van der Waals surface area contributed by atoms with Crippen LogP contribution < -0.4 is 10.1 Å². The fourth-order valence-electron chi connectivity index (χ4n) is 2.18. The lowest BCUT2D eigenvalue weighted by Gasteiger charge is -2.01. The SMILES string of the molecule is COc1cccc(/C=C2\SC(=Nc3cc(Cl)ccc3C)NC2=O)c1. The fraction of sp³-hybridized carbons (Fsp3) is 0.111. The molecule has 0 radical (unpaired) electrons. The molecule has 24 heavy (non-hydrogen) atoms. The summed E-state index contributed by atoms with van der Waals surface area (Å²) >= 11 is 7.31. The number of thioether (sulfide) groups is 1. The molecule has 0 unspecified atom stereocenters. The van der Waals surface area contributed by atoms with Crippen molar-refractivity contribution in [1.29, 1.82) is 0 Å². The predicted molar refractivity (Wildman–Crippen MR) is 100.0 cm³/mol. The zero-order chi connectivity index (χ0) is 17.1. The number of carbonyl (C=O) groups excluding carboxylic acids is 1. The number of hydrogen-bond acceptors (Lipinski definition) is 4. The molecule has 0 spiro atoms. The molecule has 2 aromatic carbocycles. The van der Waals surface area contributed by atoms with E-state index in [1.807, 2.05) is 49.4 Å². The summed E-state index contributed by atoms with van der Waals surface area (Å²) in [7, 11) is 1.61. The molecular formula is C18H15ClN2O2S. The van der Waals surface area contributed by atoms with Crippen molar-refractivity contribution in [2.75, 3.05) is 7.11 Å². The van der Waals surface area contributed by atoms with E-state index in [1.165, 1.54) is 11.8 Å². The lowest BCUT2D eigenvalue weighted by Crippen LogP contribution is -2.19. The quantitative estimate of drug-likeness (QED) is 0.819. The third kappa shape index (κ3) is 3.80. The first-order valence-corrected chi connectivity index (χ1v) is 8.44. The molecule has 1 amide bonds. The van der Waals surface area contributed by atoms with Gasteiger partial charge in [-0.25, -0.2) is 4.99 Å². The van der Waals surface area contributed by atoms with Crippen LogP contribution in [0.3, 0.4) is 0 Å². The van der Waals surface area contributed by atoms with E-state index in [4.69, 9.17) is 16.3 Å². The minimum atomic E-state index is -0.166. The number of aliphatic imine (C=N–C) groups is 1. The summed E-state index contributed by atoms with van der Waals surface area (Å²) in [6.45, 7) is 1.95. The second kappa shape index (κ2) is 7.11. The largest absolute Gasteiger partial charge is 0.497 e. The molecule has 0 bridgehead atoms. The predicted octanol–water partition coefficient (Wildman–Crippen LogP) is 4.55. The summed E-state index contributed by atoms with van der Waals surface area (Å²) in [6.07, 6.45) is 1.82. The van der Waals surface area contributed by atoms with Gasteiger partial charge >= 0.3 is 0 Å². The number of hydrogen-bond donors (Lipinski definition) is 1. The van der Waals surface area contributed by atoms with Crippen LogP contribution in [0.5, 0.6) is 5.75 Å². The van der Waals surface area contributed by atoms with E-state index in [9.17, 15) is 4.79 Å². The zero-order valence-corrected chi connectivity index (χ0v) is 14.7. The van der Waals surface area contributed by atoms with Crippen molar-refractivity contribution in [1.82, 2.24) is 5.32 Å². The summed E-state index contributed by atoms with van der Waals surface area (Å²) < 4.78 is 5.20. The van der Waals surface area contributed by atoms with Gasteiger partial charge in [0, 0.05) is 5.02 Å². The van der Waals surface area contributed by atoms with E-state index in [-0.39, 0.29) is 5.91 Å². The Morgan fingerprint density at radius 3 is 2.88 bits per heavy atom. The first-order chi connectivity index (χ1) is 11.5. The van der Waals surface area contributed by atoms with E-state index >= 15 is 0 Å². The second-order valence-corrected chi connectivity index (χ2v) is 6.66. The molecule has 0 atom stereocenters. The molecule has 0 aromatic heterocycles. The van der Waals surface area contributed by atoms with Crippen LogP contribution in [0.25, 0.3) is 6.08 Å². The highest BCUT2D eigenvalue weighted by Crippen LogP contribution is 2.30. The van der Waals surface area contributed by atoms with Gasteiger partial charge in [-0.2, -0.15) is 0 Å². The number of carbonyl (C=O) groups is 1. The average Bonchev–Trinajstić information content (AvgIpc) is 2.90. The van der Waals surface area contributed by atoms with Crippen molar-refractivity contribution >= 4 is 46.2 Å². The number of nitrogens with zero attached hydrogens (tertiary/aromatic N) is 1. The Hall–Kier alpha value is -2.24. The van der Waals surface area contributed by atoms with Gasteiger partial charge in [0.1, 0.15) is 5.75 Å². The number of amidine groups is 1. The average molecular weight is 359 g/mol. The Balaban J connectivity index is 1.86. The van der Waals surface area contributed by atoms with Crippen LogP contribution in [0, 0.1) is 6.92 Å². The Bertz CT molecular complexity index is 862. The summed E-state index contributed by atoms with van der Waals surface area (Å²) in [4.78, 5) is 17.2. The maximum atomic E-state index is 12.1. The topological polar surface area (TPSA) is 50.7 Å². The highest BCUT2D eigenvalue weighted by atomic mass is 35.5. The molecule has 1 heterocycles. The lowest BCUT2D eigenvalue weighted by molar-refractivity contribution is -0.115. The summed E-state index contributed by atoms with van der Waals surface area (Å²) in [5, 5.41) is 3.93. The fourth-order valence-corrected chi connectivity index (χ4v) is 3.18. The second-order valence-electron chi connectivity index (χ2n) is 5.19. The molecule has 1 aliphatic heterocycles. The summed E-state index contributed by atoms with van der Waals surface area (Å²) in [6, 6.07) is 13.0. The van der Waals surface area contributed by atoms with E-state index in [0.29, 0.717) is 15.1 Å². The molecule has 1 N–H and O–H groups in total. The normalized spacial score (nSPS) is 17.4. The van der Waals surface area contributed by atoms with Gasteiger partial charge in [-0.3, -0.25) is 4.79 Å². The number of halogens is 1. The van der Waals surface area contributed by atoms with Crippen molar-refractivity contribution in [2.45, 2.75) is 6.92 Å². The number of aryl methyl sites for hydroxylation is 1. The van der Waals surface area contributed by atoms with Gasteiger partial charge in [-0.05, 0) is 60.2 Å². The number of nitrogens with one attached hydrogen (secondary N) is 1. The third-order valence-electron chi connectivity index (χ3n) is 3.44. The number of benzene rings is 2. The molecule has 122 valence electrons. The molecule has 2 aromatic rings. The van der Waals surface area contributed by atoms with Gasteiger partial charge in [-0.15, -0.1) is 0 Å². The van der Waals surface area contributed by atoms with Crippen LogP contribution in [-0.2, 0) is 4.79 Å². The van der Waals surface area contributed by atoms with Crippen molar-refractivity contribution in [3.05, 3.63) is 63.5 Å². The van der Waals surface area contributed by atoms with Crippen LogP contribution >= 0.6 is 23.4 Å². The molecule has 1 saturated heterocycles. The Kier molecular flexibility index (Phi) is 4.92. The van der Waals surface area contributed by atoms with Crippen molar-refractivity contribution in [3.8, 4) is 5.75 Å². The van der Waals surface area contributed by atoms with Gasteiger partial charge in [-0.1, -0.05) is 29.8 Å². The molecule has 1 aliphatic rings. The van der Waals surface area contributed by atoms with Gasteiger partial charge in [0.05, 0.1) is 17.7 Å². The van der Waals surface area contributed by atoms with E-state index in [2.05, 4.69) is 10.3 Å². The number of amides is 1. The molecule has 1 fully saturated rings. The van der Waals surface area contributed by atoms with Crippen molar-refractivity contribution < 1.29 is 9.53 Å². The minimum absolute atomic E-state index is 0.166. The van der Waals surface area contributed by atoms with Gasteiger partial charge in [0.2, 0.25) is 0 Å². The third-order valence-corrected chi connectivity index (χ3v) is 4.58. The molecule has 3 rings (SSSR count). The summed E-state index contributed by atoms with van der Waals surface area (Å²) in [5.41, 5.74) is 2.63. The van der Waals surface area contributed by atoms with Crippen molar-refractivity contribution in [2.24, 2.45) is 4.99 Å². The molecule has 6 heteroatoms. The maximum Gasteiger partial charge on any atom is 0.264 e. The molecule has 0 aliphatic carbocycles. The van der Waals surface area contributed by atoms with E-state index in [0.717, 1.165) is 22.6 Å². The van der Waals surface area contributed by atoms with E-state index in [1.54, 1.807) is 13.2 Å². The molecular weight excluding hydrogens is 344 g/mol. The zero-order valence-electron chi connectivity index (χ0n) is 13.2. The monoisotopic (exact) mass is 358 g/mol. The smallest absolute Gasteiger partial charge is 0.264 e. The standard InChI is InChI=1S/C18H15ClN2O2S/c1-11-6-7-13(19)10-15(11)20-18-21-17(22)16(24-18)9-12-4-3-5-14(8-12)23-2/h3-10H,1-2H3,(H,20,21,22)/b16-9-. The van der Waals surface area contributed by atoms with Crippen LogP contribution in [0.2, 0.25) is 5.02 Å². The summed E-state index contributed by atoms with van der Waals surface area (Å²) in [5.74, 6) is 0.581. The molecule has 4 nitrogen and oxygen atoms in total. The minimum Gasteiger partial charge on any atom is -0.497 e. The maximum absolute atomic E-state index is 12.1. The highest BCUT2D eigenvalue weighted by molar-refractivity contribution is 8.18.